The van der Waals surface area contributed by atoms with Crippen LogP contribution in [0.4, 0.5) is 4.79 Å². The number of carbonyl (C=O) groups is 2. The zero-order chi connectivity index (χ0) is 19.4. The first-order valence-corrected chi connectivity index (χ1v) is 8.77. The minimum Gasteiger partial charge on any atom is -0.465 e. The summed E-state index contributed by atoms with van der Waals surface area (Å²) in [5, 5.41) is 0.750. The summed E-state index contributed by atoms with van der Waals surface area (Å²) in [5.74, 6) is 0.0872. The average molecular weight is 367 g/mol. The normalized spacial score (nSPS) is 12.0. The number of esters is 1. The predicted molar refractivity (Wildman–Crippen MR) is 102 cm³/mol. The van der Waals surface area contributed by atoms with E-state index in [9.17, 15) is 9.59 Å². The molecular weight excluding hydrogens is 346 g/mol. The summed E-state index contributed by atoms with van der Waals surface area (Å²) in [6.45, 7) is 5.79. The van der Waals surface area contributed by atoms with E-state index >= 15 is 0 Å². The van der Waals surface area contributed by atoms with Gasteiger partial charge in [-0.05, 0) is 39.0 Å². The van der Waals surface area contributed by atoms with Gasteiger partial charge in [-0.2, -0.15) is 0 Å². The lowest BCUT2D eigenvalue weighted by Crippen LogP contribution is -2.12. The quantitative estimate of drug-likeness (QED) is 0.481. The molecule has 0 N–H and O–H groups in total. The van der Waals surface area contributed by atoms with E-state index in [1.54, 1.807) is 51.4 Å². The highest BCUT2D eigenvalue weighted by Gasteiger charge is 2.24. The molecule has 6 nitrogen and oxygen atoms in total. The van der Waals surface area contributed by atoms with Crippen LogP contribution in [0.25, 0.3) is 22.0 Å². The first-order valence-electron chi connectivity index (χ1n) is 8.77. The lowest BCUT2D eigenvalue weighted by atomic mass is 9.98. The van der Waals surface area contributed by atoms with Gasteiger partial charge in [-0.1, -0.05) is 18.2 Å². The number of rotatable bonds is 5. The van der Waals surface area contributed by atoms with Crippen LogP contribution in [-0.2, 0) is 14.3 Å². The van der Waals surface area contributed by atoms with Crippen molar-refractivity contribution in [3.8, 4) is 0 Å². The number of benzene rings is 1. The monoisotopic (exact) mass is 367 g/mol. The molecule has 0 aliphatic rings. The fourth-order valence-electron chi connectivity index (χ4n) is 3.01. The Labute approximate surface area is 157 Å². The van der Waals surface area contributed by atoms with Crippen molar-refractivity contribution in [1.82, 2.24) is 4.57 Å². The van der Waals surface area contributed by atoms with Gasteiger partial charge >= 0.3 is 12.1 Å². The summed E-state index contributed by atoms with van der Waals surface area (Å²) < 4.78 is 17.3. The number of aromatic nitrogens is 1. The summed E-state index contributed by atoms with van der Waals surface area (Å²) >= 11 is 0. The number of hydrogen-bond acceptors (Lipinski definition) is 5. The molecule has 1 aromatic carbocycles. The van der Waals surface area contributed by atoms with Crippen LogP contribution in [0.15, 0.2) is 53.3 Å². The lowest BCUT2D eigenvalue weighted by molar-refractivity contribution is -0.136. The number of allylic oxidation sites excluding steroid dienone is 1. The molecule has 3 rings (SSSR count). The second kappa shape index (κ2) is 7.95. The molecule has 27 heavy (non-hydrogen) atoms. The van der Waals surface area contributed by atoms with Gasteiger partial charge in [-0.15, -0.1) is 0 Å². The van der Waals surface area contributed by atoms with Gasteiger partial charge in [-0.3, -0.25) is 4.57 Å². The van der Waals surface area contributed by atoms with Crippen LogP contribution in [0.5, 0.6) is 0 Å². The van der Waals surface area contributed by atoms with Gasteiger partial charge in [0.15, 0.2) is 0 Å². The summed E-state index contributed by atoms with van der Waals surface area (Å²) in [6.07, 6.45) is 2.66. The van der Waals surface area contributed by atoms with Crippen LogP contribution >= 0.6 is 0 Å². The van der Waals surface area contributed by atoms with E-state index in [0.29, 0.717) is 28.0 Å². The van der Waals surface area contributed by atoms with E-state index in [1.807, 2.05) is 18.2 Å². The van der Waals surface area contributed by atoms with E-state index in [0.717, 1.165) is 5.39 Å². The molecule has 0 atom stereocenters. The smallest absolute Gasteiger partial charge is 0.418 e. The van der Waals surface area contributed by atoms with Gasteiger partial charge in [0.1, 0.15) is 5.76 Å². The number of hydrogen-bond donors (Lipinski definition) is 0. The second-order valence-corrected chi connectivity index (χ2v) is 5.83. The number of carbonyl (C=O) groups excluding carboxylic acids is 2. The second-order valence-electron chi connectivity index (χ2n) is 5.83. The Morgan fingerprint density at radius 2 is 1.78 bits per heavy atom. The molecule has 0 aliphatic heterocycles. The number of para-hydroxylation sites is 1. The molecule has 0 unspecified atom stereocenters. The molecule has 6 heteroatoms. The van der Waals surface area contributed by atoms with Gasteiger partial charge in [0.25, 0.3) is 0 Å². The van der Waals surface area contributed by atoms with Gasteiger partial charge in [0.2, 0.25) is 0 Å². The minimum atomic E-state index is -0.501. The zero-order valence-electron chi connectivity index (χ0n) is 15.5. The fourth-order valence-corrected chi connectivity index (χ4v) is 3.01. The van der Waals surface area contributed by atoms with Crippen molar-refractivity contribution in [3.63, 3.8) is 0 Å². The zero-order valence-corrected chi connectivity index (χ0v) is 15.5. The van der Waals surface area contributed by atoms with Crippen molar-refractivity contribution in [2.24, 2.45) is 0 Å². The topological polar surface area (TPSA) is 70.7 Å². The molecule has 0 spiro atoms. The maximum Gasteiger partial charge on any atom is 0.418 e. The molecule has 0 aliphatic carbocycles. The fraction of sp³-hybridized carbons (Fsp3) is 0.238. The third-order valence-corrected chi connectivity index (χ3v) is 4.19. The molecule has 2 heterocycles. The molecule has 0 saturated carbocycles. The maximum absolute atomic E-state index is 12.8. The lowest BCUT2D eigenvalue weighted by Gasteiger charge is -2.10. The van der Waals surface area contributed by atoms with Crippen LogP contribution in [-0.4, -0.2) is 29.8 Å². The average Bonchev–Trinajstić information content (AvgIpc) is 3.31. The Balaban J connectivity index is 2.27. The van der Waals surface area contributed by atoms with Crippen LogP contribution < -0.4 is 0 Å². The summed E-state index contributed by atoms with van der Waals surface area (Å²) in [4.78, 5) is 25.2. The number of fused-ring (bicyclic) bond motifs is 1. The molecule has 140 valence electrons. The highest BCUT2D eigenvalue weighted by Crippen LogP contribution is 2.33. The molecule has 3 aromatic rings. The van der Waals surface area contributed by atoms with Gasteiger partial charge in [0.05, 0.1) is 30.6 Å². The third-order valence-electron chi connectivity index (χ3n) is 4.19. The van der Waals surface area contributed by atoms with Crippen LogP contribution in [0.1, 0.15) is 32.1 Å². The molecule has 0 fully saturated rings. The summed E-state index contributed by atoms with van der Waals surface area (Å²) in [7, 11) is 0. The Morgan fingerprint density at radius 1 is 1.04 bits per heavy atom. The van der Waals surface area contributed by atoms with Crippen molar-refractivity contribution in [2.75, 3.05) is 13.2 Å². The SMILES string of the molecule is CCOC(=O)/C(=C(\C)c1ccco1)c1cn(C(=O)OCC)c2ccccc12. The standard InChI is InChI=1S/C21H21NO5/c1-4-25-20(23)19(14(3)18-11-8-12-27-18)16-13-22(21(24)26-5-2)17-10-7-6-9-15(16)17/h6-13H,4-5H2,1-3H3/b19-14+. The Kier molecular flexibility index (Phi) is 5.45. The molecule has 0 bridgehead atoms. The minimum absolute atomic E-state index is 0.240. The largest absolute Gasteiger partial charge is 0.465 e. The van der Waals surface area contributed by atoms with E-state index in [1.165, 1.54) is 4.57 Å². The van der Waals surface area contributed by atoms with E-state index in [2.05, 4.69) is 0 Å². The third kappa shape index (κ3) is 3.51. The van der Waals surface area contributed by atoms with Crippen molar-refractivity contribution in [2.45, 2.75) is 20.8 Å². The molecule has 2 aromatic heterocycles. The van der Waals surface area contributed by atoms with Crippen LogP contribution in [0.3, 0.4) is 0 Å². The van der Waals surface area contributed by atoms with E-state index in [-0.39, 0.29) is 13.2 Å². The number of ether oxygens (including phenoxy) is 2. The maximum atomic E-state index is 12.8. The van der Waals surface area contributed by atoms with Crippen molar-refractivity contribution >= 4 is 34.1 Å². The van der Waals surface area contributed by atoms with Crippen molar-refractivity contribution in [3.05, 3.63) is 60.2 Å². The first-order chi connectivity index (χ1) is 13.1. The predicted octanol–water partition coefficient (Wildman–Crippen LogP) is 4.73. The highest BCUT2D eigenvalue weighted by molar-refractivity contribution is 6.27. The van der Waals surface area contributed by atoms with Crippen LogP contribution in [0.2, 0.25) is 0 Å². The van der Waals surface area contributed by atoms with E-state index in [4.69, 9.17) is 13.9 Å². The van der Waals surface area contributed by atoms with E-state index < -0.39 is 12.1 Å². The van der Waals surface area contributed by atoms with Gasteiger partial charge < -0.3 is 13.9 Å². The number of nitrogens with zero attached hydrogens (tertiary/aromatic N) is 1. The molecular formula is C21H21NO5. The van der Waals surface area contributed by atoms with Crippen molar-refractivity contribution < 1.29 is 23.5 Å². The molecule has 0 saturated heterocycles. The van der Waals surface area contributed by atoms with Crippen LogP contribution in [0, 0.1) is 0 Å². The summed E-state index contributed by atoms with van der Waals surface area (Å²) in [5.41, 5.74) is 2.22. The highest BCUT2D eigenvalue weighted by atomic mass is 16.5. The van der Waals surface area contributed by atoms with Gasteiger partial charge in [-0.25, -0.2) is 9.59 Å². The Morgan fingerprint density at radius 3 is 2.44 bits per heavy atom. The number of furan rings is 1. The molecule has 0 amide bonds. The van der Waals surface area contributed by atoms with Crippen molar-refractivity contribution in [1.29, 1.82) is 0 Å². The Hall–Kier alpha value is -3.28. The Bertz CT molecular complexity index is 995. The summed E-state index contributed by atoms with van der Waals surface area (Å²) in [6, 6.07) is 10.9. The first kappa shape index (κ1) is 18.5. The molecule has 0 radical (unpaired) electrons. The van der Waals surface area contributed by atoms with Gasteiger partial charge in [0, 0.05) is 22.7 Å².